The van der Waals surface area contributed by atoms with Gasteiger partial charge in [-0.05, 0) is 77.2 Å². The zero-order chi connectivity index (χ0) is 21.3. The standard InChI is InChI=1S/C24H38N6/c1-19-17-21(3)30(28-19)23-13-6-5-12-22(23)18-27-24(25-4)26-14-8-10-16-29-15-9-7-11-20(29)2/h5-6,12-13,17,20H,7-11,14-16,18H2,1-4H3,(H2,25,26,27). The van der Waals surface area contributed by atoms with Gasteiger partial charge in [0.25, 0.3) is 0 Å². The van der Waals surface area contributed by atoms with Crippen molar-refractivity contribution in [2.75, 3.05) is 26.7 Å². The molecule has 6 heteroatoms. The lowest BCUT2D eigenvalue weighted by molar-refractivity contribution is 0.158. The molecule has 164 valence electrons. The average molecular weight is 411 g/mol. The van der Waals surface area contributed by atoms with E-state index >= 15 is 0 Å². The highest BCUT2D eigenvalue weighted by Crippen LogP contribution is 2.17. The van der Waals surface area contributed by atoms with E-state index in [0.717, 1.165) is 42.0 Å². The molecule has 0 radical (unpaired) electrons. The van der Waals surface area contributed by atoms with E-state index in [1.165, 1.54) is 44.3 Å². The van der Waals surface area contributed by atoms with E-state index < -0.39 is 0 Å². The fourth-order valence-electron chi connectivity index (χ4n) is 4.28. The molecule has 0 amide bonds. The summed E-state index contributed by atoms with van der Waals surface area (Å²) in [5.74, 6) is 0.851. The summed E-state index contributed by atoms with van der Waals surface area (Å²) in [5, 5.41) is 11.6. The minimum Gasteiger partial charge on any atom is -0.356 e. The number of aromatic nitrogens is 2. The smallest absolute Gasteiger partial charge is 0.191 e. The van der Waals surface area contributed by atoms with Gasteiger partial charge in [-0.15, -0.1) is 0 Å². The van der Waals surface area contributed by atoms with Crippen molar-refractivity contribution in [1.29, 1.82) is 0 Å². The molecule has 3 rings (SSSR count). The van der Waals surface area contributed by atoms with Crippen molar-refractivity contribution in [3.05, 3.63) is 47.3 Å². The van der Waals surface area contributed by atoms with Gasteiger partial charge in [0.2, 0.25) is 0 Å². The van der Waals surface area contributed by atoms with Crippen LogP contribution in [-0.2, 0) is 6.54 Å². The summed E-state index contributed by atoms with van der Waals surface area (Å²) < 4.78 is 2.02. The Balaban J connectivity index is 1.45. The number of unbranched alkanes of at least 4 members (excludes halogenated alkanes) is 1. The second-order valence-corrected chi connectivity index (χ2v) is 8.41. The number of aliphatic imine (C=N–C) groups is 1. The van der Waals surface area contributed by atoms with Gasteiger partial charge in [-0.2, -0.15) is 5.10 Å². The number of rotatable bonds is 8. The molecule has 0 spiro atoms. The van der Waals surface area contributed by atoms with Gasteiger partial charge in [0.05, 0.1) is 11.4 Å². The van der Waals surface area contributed by atoms with E-state index in [2.05, 4.69) is 69.8 Å². The highest BCUT2D eigenvalue weighted by Gasteiger charge is 2.17. The zero-order valence-electron chi connectivity index (χ0n) is 19.1. The third-order valence-electron chi connectivity index (χ3n) is 6.00. The molecule has 1 aromatic heterocycles. The van der Waals surface area contributed by atoms with Crippen molar-refractivity contribution in [3.8, 4) is 5.69 Å². The van der Waals surface area contributed by atoms with Gasteiger partial charge < -0.3 is 15.5 Å². The highest BCUT2D eigenvalue weighted by molar-refractivity contribution is 5.79. The predicted molar refractivity (Wildman–Crippen MR) is 125 cm³/mol. The molecule has 0 saturated carbocycles. The van der Waals surface area contributed by atoms with Crippen molar-refractivity contribution >= 4 is 5.96 Å². The van der Waals surface area contributed by atoms with Crippen LogP contribution in [0.1, 0.15) is 56.0 Å². The zero-order valence-corrected chi connectivity index (χ0v) is 19.1. The van der Waals surface area contributed by atoms with Gasteiger partial charge in [0.15, 0.2) is 5.96 Å². The first-order valence-corrected chi connectivity index (χ1v) is 11.4. The molecule has 2 aromatic rings. The number of benzene rings is 1. The lowest BCUT2D eigenvalue weighted by Gasteiger charge is -2.33. The molecule has 30 heavy (non-hydrogen) atoms. The van der Waals surface area contributed by atoms with E-state index in [4.69, 9.17) is 0 Å². The first-order valence-electron chi connectivity index (χ1n) is 11.4. The summed E-state index contributed by atoms with van der Waals surface area (Å²) in [4.78, 5) is 7.03. The Bertz CT molecular complexity index is 825. The third-order valence-corrected chi connectivity index (χ3v) is 6.00. The maximum Gasteiger partial charge on any atom is 0.191 e. The van der Waals surface area contributed by atoms with Crippen LogP contribution in [0.15, 0.2) is 35.3 Å². The molecule has 1 saturated heterocycles. The quantitative estimate of drug-likeness (QED) is 0.395. The number of aryl methyl sites for hydroxylation is 2. The van der Waals surface area contributed by atoms with Crippen molar-refractivity contribution in [2.24, 2.45) is 4.99 Å². The number of nitrogens with zero attached hydrogens (tertiary/aromatic N) is 4. The van der Waals surface area contributed by atoms with Crippen LogP contribution in [0.5, 0.6) is 0 Å². The number of hydrogen-bond donors (Lipinski definition) is 2. The predicted octanol–water partition coefficient (Wildman–Crippen LogP) is 3.81. The minimum absolute atomic E-state index is 0.708. The molecule has 1 aromatic carbocycles. The van der Waals surface area contributed by atoms with Crippen molar-refractivity contribution < 1.29 is 0 Å². The lowest BCUT2D eigenvalue weighted by atomic mass is 10.0. The summed E-state index contributed by atoms with van der Waals surface area (Å²) in [6, 6.07) is 11.3. The van der Waals surface area contributed by atoms with Gasteiger partial charge in [-0.25, -0.2) is 4.68 Å². The number of guanidine groups is 1. The topological polar surface area (TPSA) is 57.5 Å². The summed E-state index contributed by atoms with van der Waals surface area (Å²) in [7, 11) is 1.83. The van der Waals surface area contributed by atoms with Gasteiger partial charge in [-0.3, -0.25) is 4.99 Å². The molecular weight excluding hydrogens is 372 g/mol. The first-order chi connectivity index (χ1) is 14.6. The van der Waals surface area contributed by atoms with Crippen LogP contribution in [0.25, 0.3) is 5.69 Å². The molecule has 1 fully saturated rings. The van der Waals surface area contributed by atoms with Crippen LogP contribution in [0.3, 0.4) is 0 Å². The van der Waals surface area contributed by atoms with Crippen LogP contribution < -0.4 is 10.6 Å². The molecule has 0 aliphatic carbocycles. The molecule has 1 aliphatic rings. The second kappa shape index (κ2) is 11.2. The second-order valence-electron chi connectivity index (χ2n) is 8.41. The van der Waals surface area contributed by atoms with Crippen molar-refractivity contribution in [1.82, 2.24) is 25.3 Å². The summed E-state index contributed by atoms with van der Waals surface area (Å²) in [5.41, 5.74) is 4.49. The molecule has 1 aliphatic heterocycles. The Hall–Kier alpha value is -2.34. The number of nitrogens with one attached hydrogen (secondary N) is 2. The van der Waals surface area contributed by atoms with Crippen LogP contribution in [0.4, 0.5) is 0 Å². The van der Waals surface area contributed by atoms with E-state index in [0.29, 0.717) is 6.54 Å². The van der Waals surface area contributed by atoms with Gasteiger partial charge in [0, 0.05) is 31.9 Å². The van der Waals surface area contributed by atoms with Crippen molar-refractivity contribution in [2.45, 2.75) is 65.5 Å². The molecular formula is C24H38N6. The molecule has 2 N–H and O–H groups in total. The van der Waals surface area contributed by atoms with E-state index in [-0.39, 0.29) is 0 Å². The fourth-order valence-corrected chi connectivity index (χ4v) is 4.28. The summed E-state index contributed by atoms with van der Waals surface area (Å²) >= 11 is 0. The molecule has 2 heterocycles. The Morgan fingerprint density at radius 3 is 2.73 bits per heavy atom. The summed E-state index contributed by atoms with van der Waals surface area (Å²) in [6.45, 7) is 10.6. The first kappa shape index (κ1) is 22.3. The molecule has 1 unspecified atom stereocenters. The normalized spacial score (nSPS) is 17.9. The Kier molecular flexibility index (Phi) is 8.31. The Morgan fingerprint density at radius 2 is 2.00 bits per heavy atom. The number of para-hydroxylation sites is 1. The van der Waals surface area contributed by atoms with E-state index in [9.17, 15) is 0 Å². The average Bonchev–Trinajstić information content (AvgIpc) is 3.09. The lowest BCUT2D eigenvalue weighted by Crippen LogP contribution is -2.39. The number of hydrogen-bond acceptors (Lipinski definition) is 3. The van der Waals surface area contributed by atoms with Crippen LogP contribution >= 0.6 is 0 Å². The molecule has 0 bridgehead atoms. The van der Waals surface area contributed by atoms with Crippen LogP contribution in [0.2, 0.25) is 0 Å². The SMILES string of the molecule is CN=C(NCCCCN1CCCCC1C)NCc1ccccc1-n1nc(C)cc1C. The maximum atomic E-state index is 4.64. The van der Waals surface area contributed by atoms with E-state index in [1.807, 2.05) is 18.7 Å². The monoisotopic (exact) mass is 410 g/mol. The Labute approximate surface area is 181 Å². The number of likely N-dealkylation sites (tertiary alicyclic amines) is 1. The number of piperidine rings is 1. The van der Waals surface area contributed by atoms with Gasteiger partial charge >= 0.3 is 0 Å². The minimum atomic E-state index is 0.708. The van der Waals surface area contributed by atoms with Crippen LogP contribution in [0, 0.1) is 13.8 Å². The fraction of sp³-hybridized carbons (Fsp3) is 0.583. The summed E-state index contributed by atoms with van der Waals surface area (Å²) in [6.07, 6.45) is 6.50. The van der Waals surface area contributed by atoms with E-state index in [1.54, 1.807) is 0 Å². The third kappa shape index (κ3) is 6.08. The molecule has 1 atom stereocenters. The van der Waals surface area contributed by atoms with Gasteiger partial charge in [-0.1, -0.05) is 24.6 Å². The highest BCUT2D eigenvalue weighted by atomic mass is 15.3. The van der Waals surface area contributed by atoms with Crippen molar-refractivity contribution in [3.63, 3.8) is 0 Å². The maximum absolute atomic E-state index is 4.64. The Morgan fingerprint density at radius 1 is 1.17 bits per heavy atom. The van der Waals surface area contributed by atoms with Crippen LogP contribution in [-0.4, -0.2) is 53.4 Å². The van der Waals surface area contributed by atoms with Gasteiger partial charge in [0.1, 0.15) is 0 Å². The largest absolute Gasteiger partial charge is 0.356 e. The molecule has 6 nitrogen and oxygen atoms in total.